The van der Waals surface area contributed by atoms with Gasteiger partial charge in [-0.15, -0.1) is 0 Å². The first-order valence-electron chi connectivity index (χ1n) is 7.38. The van der Waals surface area contributed by atoms with E-state index in [-0.39, 0.29) is 17.7 Å². The summed E-state index contributed by atoms with van der Waals surface area (Å²) >= 11 is 0. The molecule has 0 bridgehead atoms. The Morgan fingerprint density at radius 2 is 1.68 bits per heavy atom. The van der Waals surface area contributed by atoms with Gasteiger partial charge in [-0.25, -0.2) is 4.79 Å². The van der Waals surface area contributed by atoms with Gasteiger partial charge in [-0.05, 0) is 5.56 Å². The largest absolute Gasteiger partial charge is 0.480 e. The normalized spacial score (nSPS) is 12.8. The van der Waals surface area contributed by atoms with Crippen LogP contribution in [0.25, 0.3) is 0 Å². The molecule has 1 amide bonds. The van der Waals surface area contributed by atoms with E-state index in [2.05, 4.69) is 5.32 Å². The minimum absolute atomic E-state index is 0.175. The van der Waals surface area contributed by atoms with Crippen molar-refractivity contribution in [1.29, 1.82) is 0 Å². The van der Waals surface area contributed by atoms with Crippen molar-refractivity contribution in [2.24, 2.45) is 0 Å². The fourth-order valence-corrected chi connectivity index (χ4v) is 2.32. The number of nitro benzene ring substituents is 1. The van der Waals surface area contributed by atoms with Crippen molar-refractivity contribution in [1.82, 2.24) is 5.32 Å². The maximum absolute atomic E-state index is 12.1. The maximum atomic E-state index is 12.1. The SMILES string of the molecule is O=C(O)[C@H](Cc1ccccc1[N+](=O)[O-])NC(=O)[C@@H](O)c1ccccc1. The number of carboxylic acids is 1. The van der Waals surface area contributed by atoms with Crippen LogP contribution in [0.2, 0.25) is 0 Å². The highest BCUT2D eigenvalue weighted by Crippen LogP contribution is 2.20. The molecule has 25 heavy (non-hydrogen) atoms. The number of aliphatic carboxylic acids is 1. The molecule has 0 fully saturated rings. The summed E-state index contributed by atoms with van der Waals surface area (Å²) in [5.41, 5.74) is 0.260. The number of para-hydroxylation sites is 1. The molecule has 2 aromatic carbocycles. The second kappa shape index (κ2) is 8.02. The molecule has 2 atom stereocenters. The lowest BCUT2D eigenvalue weighted by atomic mass is 10.0. The van der Waals surface area contributed by atoms with Crippen LogP contribution in [-0.2, 0) is 16.0 Å². The number of amides is 1. The average molecular weight is 344 g/mol. The van der Waals surface area contributed by atoms with E-state index in [0.29, 0.717) is 5.56 Å². The van der Waals surface area contributed by atoms with Crippen LogP contribution in [0.15, 0.2) is 54.6 Å². The molecule has 2 rings (SSSR count). The summed E-state index contributed by atoms with van der Waals surface area (Å²) in [7, 11) is 0. The van der Waals surface area contributed by atoms with Gasteiger partial charge in [0.25, 0.3) is 11.6 Å². The lowest BCUT2D eigenvalue weighted by Gasteiger charge is -2.17. The van der Waals surface area contributed by atoms with Crippen LogP contribution in [-0.4, -0.2) is 33.1 Å². The number of aliphatic hydroxyl groups excluding tert-OH is 1. The van der Waals surface area contributed by atoms with Gasteiger partial charge in [0.15, 0.2) is 6.10 Å². The highest BCUT2D eigenvalue weighted by Gasteiger charge is 2.27. The molecule has 0 aromatic heterocycles. The summed E-state index contributed by atoms with van der Waals surface area (Å²) in [6.07, 6.45) is -1.81. The van der Waals surface area contributed by atoms with Crippen molar-refractivity contribution >= 4 is 17.6 Å². The second-order valence-electron chi connectivity index (χ2n) is 5.30. The summed E-state index contributed by atoms with van der Waals surface area (Å²) < 4.78 is 0. The molecular formula is C17H16N2O6. The predicted molar refractivity (Wildman–Crippen MR) is 87.8 cm³/mol. The first-order valence-corrected chi connectivity index (χ1v) is 7.38. The van der Waals surface area contributed by atoms with Gasteiger partial charge in [0.1, 0.15) is 6.04 Å². The highest BCUT2D eigenvalue weighted by atomic mass is 16.6. The van der Waals surface area contributed by atoms with Crippen molar-refractivity contribution in [2.45, 2.75) is 18.6 Å². The summed E-state index contributed by atoms with van der Waals surface area (Å²) in [5, 5.41) is 32.6. The third-order valence-corrected chi connectivity index (χ3v) is 3.59. The molecule has 8 heteroatoms. The summed E-state index contributed by atoms with van der Waals surface area (Å²) in [5.74, 6) is -2.25. The van der Waals surface area contributed by atoms with Crippen molar-refractivity contribution in [3.05, 3.63) is 75.8 Å². The lowest BCUT2D eigenvalue weighted by Crippen LogP contribution is -2.44. The molecule has 0 aliphatic carbocycles. The third-order valence-electron chi connectivity index (χ3n) is 3.59. The number of nitrogens with zero attached hydrogens (tertiary/aromatic N) is 1. The molecule has 0 saturated carbocycles. The molecule has 2 aromatic rings. The number of rotatable bonds is 7. The van der Waals surface area contributed by atoms with E-state index in [0.717, 1.165) is 0 Å². The molecular weight excluding hydrogens is 328 g/mol. The van der Waals surface area contributed by atoms with E-state index in [4.69, 9.17) is 0 Å². The fourth-order valence-electron chi connectivity index (χ4n) is 2.32. The Bertz CT molecular complexity index is 778. The average Bonchev–Trinajstić information content (AvgIpc) is 2.61. The zero-order chi connectivity index (χ0) is 18.4. The number of carbonyl (C=O) groups excluding carboxylic acids is 1. The fraction of sp³-hybridized carbons (Fsp3) is 0.176. The first kappa shape index (κ1) is 18.1. The predicted octanol–water partition coefficient (Wildman–Crippen LogP) is 1.44. The number of hydrogen-bond donors (Lipinski definition) is 3. The number of benzene rings is 2. The summed E-state index contributed by atoms with van der Waals surface area (Å²) in [6.45, 7) is 0. The Labute approximate surface area is 142 Å². The number of carboxylic acid groups (broad SMARTS) is 1. The minimum atomic E-state index is -1.53. The zero-order valence-corrected chi connectivity index (χ0v) is 13.0. The molecule has 0 saturated heterocycles. The number of carbonyl (C=O) groups is 2. The summed E-state index contributed by atoms with van der Waals surface area (Å²) in [4.78, 5) is 33.9. The highest BCUT2D eigenvalue weighted by molar-refractivity contribution is 5.87. The molecule has 0 unspecified atom stereocenters. The van der Waals surface area contributed by atoms with Crippen LogP contribution in [0.1, 0.15) is 17.2 Å². The van der Waals surface area contributed by atoms with E-state index in [1.54, 1.807) is 24.3 Å². The van der Waals surface area contributed by atoms with Crippen LogP contribution in [0, 0.1) is 10.1 Å². The maximum Gasteiger partial charge on any atom is 0.326 e. The van der Waals surface area contributed by atoms with Crippen LogP contribution in [0.4, 0.5) is 5.69 Å². The van der Waals surface area contributed by atoms with E-state index < -0.39 is 28.9 Å². The lowest BCUT2D eigenvalue weighted by molar-refractivity contribution is -0.385. The number of hydrogen-bond acceptors (Lipinski definition) is 5. The van der Waals surface area contributed by atoms with Gasteiger partial charge in [-0.3, -0.25) is 14.9 Å². The van der Waals surface area contributed by atoms with Gasteiger partial charge in [-0.2, -0.15) is 0 Å². The molecule has 0 spiro atoms. The van der Waals surface area contributed by atoms with E-state index in [9.17, 15) is 29.9 Å². The number of nitro groups is 1. The van der Waals surface area contributed by atoms with E-state index >= 15 is 0 Å². The molecule has 0 heterocycles. The van der Waals surface area contributed by atoms with Crippen molar-refractivity contribution in [3.8, 4) is 0 Å². The zero-order valence-electron chi connectivity index (χ0n) is 13.0. The van der Waals surface area contributed by atoms with E-state index in [1.165, 1.54) is 30.3 Å². The first-order chi connectivity index (χ1) is 11.9. The smallest absolute Gasteiger partial charge is 0.326 e. The molecule has 3 N–H and O–H groups in total. The Hall–Kier alpha value is -3.26. The van der Waals surface area contributed by atoms with Crippen LogP contribution in [0.5, 0.6) is 0 Å². The van der Waals surface area contributed by atoms with Crippen molar-refractivity contribution in [2.75, 3.05) is 0 Å². The van der Waals surface area contributed by atoms with Gasteiger partial charge >= 0.3 is 5.97 Å². The molecule has 0 aliphatic heterocycles. The third kappa shape index (κ3) is 4.61. The van der Waals surface area contributed by atoms with Gasteiger partial charge in [0.2, 0.25) is 0 Å². The Balaban J connectivity index is 2.15. The molecule has 8 nitrogen and oxygen atoms in total. The van der Waals surface area contributed by atoms with E-state index in [1.807, 2.05) is 0 Å². The van der Waals surface area contributed by atoms with Crippen LogP contribution < -0.4 is 5.32 Å². The quantitative estimate of drug-likeness (QED) is 0.515. The van der Waals surface area contributed by atoms with Gasteiger partial charge in [0.05, 0.1) is 4.92 Å². The molecule has 130 valence electrons. The number of aliphatic hydroxyl groups is 1. The van der Waals surface area contributed by atoms with Crippen molar-refractivity contribution in [3.63, 3.8) is 0 Å². The molecule has 0 aliphatic rings. The topological polar surface area (TPSA) is 130 Å². The summed E-state index contributed by atoms with van der Waals surface area (Å²) in [6, 6.07) is 12.3. The second-order valence-corrected chi connectivity index (χ2v) is 5.30. The Kier molecular flexibility index (Phi) is 5.80. The Morgan fingerprint density at radius 3 is 2.28 bits per heavy atom. The standard InChI is InChI=1S/C17H16N2O6/c20-15(11-6-2-1-3-7-11)16(21)18-13(17(22)23)10-12-8-4-5-9-14(12)19(24)25/h1-9,13,15,20H,10H2,(H,18,21)(H,22,23)/t13-,15-/m0/s1. The monoisotopic (exact) mass is 344 g/mol. The number of nitrogens with one attached hydrogen (secondary N) is 1. The minimum Gasteiger partial charge on any atom is -0.480 e. The van der Waals surface area contributed by atoms with Gasteiger partial charge < -0.3 is 15.5 Å². The van der Waals surface area contributed by atoms with Gasteiger partial charge in [-0.1, -0.05) is 48.5 Å². The Morgan fingerprint density at radius 1 is 1.08 bits per heavy atom. The van der Waals surface area contributed by atoms with Crippen LogP contribution >= 0.6 is 0 Å². The molecule has 0 radical (unpaired) electrons. The van der Waals surface area contributed by atoms with Crippen LogP contribution in [0.3, 0.4) is 0 Å². The van der Waals surface area contributed by atoms with Crippen molar-refractivity contribution < 1.29 is 24.7 Å². The van der Waals surface area contributed by atoms with Gasteiger partial charge in [0, 0.05) is 18.1 Å².